The largest absolute Gasteiger partial charge is 0.309 e. The fourth-order valence-electron chi connectivity index (χ4n) is 2.85. The van der Waals surface area contributed by atoms with Crippen molar-refractivity contribution in [3.8, 4) is 0 Å². The molecule has 0 saturated heterocycles. The molecule has 3 nitrogen and oxygen atoms in total. The van der Waals surface area contributed by atoms with Crippen LogP contribution in [0.5, 0.6) is 0 Å². The van der Waals surface area contributed by atoms with Gasteiger partial charge in [0.1, 0.15) is 6.29 Å². The molecule has 0 radical (unpaired) electrons. The van der Waals surface area contributed by atoms with E-state index in [2.05, 4.69) is 0 Å². The van der Waals surface area contributed by atoms with E-state index in [-0.39, 0.29) is 23.8 Å². The third kappa shape index (κ3) is 1.74. The van der Waals surface area contributed by atoms with Crippen molar-refractivity contribution in [3.05, 3.63) is 29.8 Å². The standard InChI is InChI=1S/C15H17NO2/c1-10-8-12(9-17)13-4-2-3-5-14(13)16(10)15(18)11-6-7-11/h2-5,9-12H,6-8H2,1H3/t10-,12+/m1/s1. The Morgan fingerprint density at radius 2 is 2.06 bits per heavy atom. The summed E-state index contributed by atoms with van der Waals surface area (Å²) in [6, 6.07) is 7.91. The van der Waals surface area contributed by atoms with Gasteiger partial charge in [0.2, 0.25) is 5.91 Å². The number of amides is 1. The third-order valence-corrected chi connectivity index (χ3v) is 3.96. The van der Waals surface area contributed by atoms with Gasteiger partial charge in [-0.2, -0.15) is 0 Å². The van der Waals surface area contributed by atoms with Gasteiger partial charge < -0.3 is 9.69 Å². The van der Waals surface area contributed by atoms with Gasteiger partial charge in [0.25, 0.3) is 0 Å². The lowest BCUT2D eigenvalue weighted by Crippen LogP contribution is -2.44. The van der Waals surface area contributed by atoms with E-state index < -0.39 is 0 Å². The van der Waals surface area contributed by atoms with Crippen LogP contribution in [0, 0.1) is 5.92 Å². The minimum Gasteiger partial charge on any atom is -0.309 e. The Kier molecular flexibility index (Phi) is 2.69. The first kappa shape index (κ1) is 11.5. The Bertz CT molecular complexity index is 493. The van der Waals surface area contributed by atoms with Crippen molar-refractivity contribution in [1.82, 2.24) is 0 Å². The number of carbonyl (C=O) groups is 2. The number of anilines is 1. The molecule has 1 aliphatic carbocycles. The zero-order valence-corrected chi connectivity index (χ0v) is 10.5. The molecule has 1 amide bonds. The predicted octanol–water partition coefficient (Wildman–Crippen LogP) is 2.50. The van der Waals surface area contributed by atoms with Crippen molar-refractivity contribution in [1.29, 1.82) is 0 Å². The van der Waals surface area contributed by atoms with Gasteiger partial charge in [0.15, 0.2) is 0 Å². The van der Waals surface area contributed by atoms with Crippen LogP contribution in [0.2, 0.25) is 0 Å². The van der Waals surface area contributed by atoms with Gasteiger partial charge in [-0.15, -0.1) is 0 Å². The van der Waals surface area contributed by atoms with Crippen LogP contribution in [0.15, 0.2) is 24.3 Å². The van der Waals surface area contributed by atoms with E-state index in [4.69, 9.17) is 0 Å². The van der Waals surface area contributed by atoms with Crippen molar-refractivity contribution in [2.75, 3.05) is 4.90 Å². The molecule has 1 aliphatic heterocycles. The molecule has 2 atom stereocenters. The highest BCUT2D eigenvalue weighted by Gasteiger charge is 2.39. The maximum Gasteiger partial charge on any atom is 0.230 e. The second-order valence-electron chi connectivity index (χ2n) is 5.37. The van der Waals surface area contributed by atoms with Crippen LogP contribution in [0.1, 0.15) is 37.7 Å². The van der Waals surface area contributed by atoms with Crippen LogP contribution in [-0.2, 0) is 9.59 Å². The summed E-state index contributed by atoms with van der Waals surface area (Å²) in [5.41, 5.74) is 1.94. The van der Waals surface area contributed by atoms with E-state index in [1.54, 1.807) is 0 Å². The maximum atomic E-state index is 12.4. The van der Waals surface area contributed by atoms with Crippen molar-refractivity contribution in [3.63, 3.8) is 0 Å². The average molecular weight is 243 g/mol. The van der Waals surface area contributed by atoms with Crippen LogP contribution in [0.25, 0.3) is 0 Å². The van der Waals surface area contributed by atoms with E-state index >= 15 is 0 Å². The van der Waals surface area contributed by atoms with Gasteiger partial charge >= 0.3 is 0 Å². The lowest BCUT2D eigenvalue weighted by atomic mass is 9.87. The molecule has 1 aromatic carbocycles. The molecule has 3 heteroatoms. The third-order valence-electron chi connectivity index (χ3n) is 3.96. The van der Waals surface area contributed by atoms with Gasteiger partial charge in [-0.3, -0.25) is 4.79 Å². The first-order valence-corrected chi connectivity index (χ1v) is 6.59. The van der Waals surface area contributed by atoms with Gasteiger partial charge in [-0.25, -0.2) is 0 Å². The molecule has 1 heterocycles. The molecular formula is C15H17NO2. The van der Waals surface area contributed by atoms with Crippen molar-refractivity contribution in [2.24, 2.45) is 5.92 Å². The molecule has 1 saturated carbocycles. The van der Waals surface area contributed by atoms with E-state index in [1.807, 2.05) is 36.1 Å². The van der Waals surface area contributed by atoms with E-state index in [1.165, 1.54) is 0 Å². The smallest absolute Gasteiger partial charge is 0.230 e. The van der Waals surface area contributed by atoms with Crippen LogP contribution >= 0.6 is 0 Å². The van der Waals surface area contributed by atoms with E-state index in [0.29, 0.717) is 0 Å². The minimum atomic E-state index is -0.0700. The summed E-state index contributed by atoms with van der Waals surface area (Å²) in [5, 5.41) is 0. The first-order valence-electron chi connectivity index (χ1n) is 6.59. The second kappa shape index (κ2) is 4.23. The summed E-state index contributed by atoms with van der Waals surface area (Å²) < 4.78 is 0. The number of fused-ring (bicyclic) bond motifs is 1. The lowest BCUT2D eigenvalue weighted by Gasteiger charge is -2.38. The summed E-state index contributed by atoms with van der Waals surface area (Å²) >= 11 is 0. The number of aldehydes is 1. The number of hydrogen-bond donors (Lipinski definition) is 0. The fraction of sp³-hybridized carbons (Fsp3) is 0.467. The van der Waals surface area contributed by atoms with Crippen molar-refractivity contribution in [2.45, 2.75) is 38.1 Å². The van der Waals surface area contributed by atoms with Crippen LogP contribution in [0.3, 0.4) is 0 Å². The zero-order chi connectivity index (χ0) is 12.7. The van der Waals surface area contributed by atoms with Crippen molar-refractivity contribution >= 4 is 17.9 Å². The molecule has 94 valence electrons. The van der Waals surface area contributed by atoms with Gasteiger partial charge in [0, 0.05) is 23.6 Å². The molecule has 0 spiro atoms. The molecule has 1 aromatic rings. The Hall–Kier alpha value is -1.64. The summed E-state index contributed by atoms with van der Waals surface area (Å²) in [4.78, 5) is 25.5. The van der Waals surface area contributed by atoms with Gasteiger partial charge in [0.05, 0.1) is 0 Å². The van der Waals surface area contributed by atoms with E-state index in [9.17, 15) is 9.59 Å². The Balaban J connectivity index is 2.03. The summed E-state index contributed by atoms with van der Waals surface area (Å²) in [7, 11) is 0. The quantitative estimate of drug-likeness (QED) is 0.748. The highest BCUT2D eigenvalue weighted by atomic mass is 16.2. The molecule has 0 N–H and O–H groups in total. The molecule has 0 bridgehead atoms. The SMILES string of the molecule is C[C@@H]1C[C@@H](C=O)c2ccccc2N1C(=O)C1CC1. The van der Waals surface area contributed by atoms with Gasteiger partial charge in [-0.05, 0) is 37.8 Å². The van der Waals surface area contributed by atoms with Gasteiger partial charge in [-0.1, -0.05) is 18.2 Å². The highest BCUT2D eigenvalue weighted by molar-refractivity contribution is 5.98. The molecule has 3 rings (SSSR count). The highest BCUT2D eigenvalue weighted by Crippen LogP contribution is 2.41. The minimum absolute atomic E-state index is 0.0700. The second-order valence-corrected chi connectivity index (χ2v) is 5.37. The number of rotatable bonds is 2. The number of benzene rings is 1. The molecule has 2 aliphatic rings. The van der Waals surface area contributed by atoms with Crippen LogP contribution in [-0.4, -0.2) is 18.2 Å². The normalized spacial score (nSPS) is 26.6. The average Bonchev–Trinajstić information content (AvgIpc) is 3.21. The Morgan fingerprint density at radius 1 is 1.33 bits per heavy atom. The molecule has 0 aromatic heterocycles. The summed E-state index contributed by atoms with van der Waals surface area (Å²) in [5.74, 6) is 0.382. The monoisotopic (exact) mass is 243 g/mol. The summed E-state index contributed by atoms with van der Waals surface area (Å²) in [6.45, 7) is 2.03. The predicted molar refractivity (Wildman–Crippen MR) is 69.5 cm³/mol. The number of carbonyl (C=O) groups excluding carboxylic acids is 2. The molecule has 1 fully saturated rings. The number of nitrogens with zero attached hydrogens (tertiary/aromatic N) is 1. The molecule has 18 heavy (non-hydrogen) atoms. The number of para-hydroxylation sites is 1. The van der Waals surface area contributed by atoms with Crippen molar-refractivity contribution < 1.29 is 9.59 Å². The molecule has 0 unspecified atom stereocenters. The first-order chi connectivity index (χ1) is 8.72. The fourth-order valence-corrected chi connectivity index (χ4v) is 2.85. The Morgan fingerprint density at radius 3 is 2.72 bits per heavy atom. The number of hydrogen-bond acceptors (Lipinski definition) is 2. The lowest BCUT2D eigenvalue weighted by molar-refractivity contribution is -0.120. The maximum absolute atomic E-state index is 12.4. The topological polar surface area (TPSA) is 37.4 Å². The Labute approximate surface area is 107 Å². The van der Waals surface area contributed by atoms with Crippen LogP contribution < -0.4 is 4.90 Å². The zero-order valence-electron chi connectivity index (χ0n) is 10.5. The summed E-state index contributed by atoms with van der Waals surface area (Å²) in [6.07, 6.45) is 3.77. The van der Waals surface area contributed by atoms with Crippen LogP contribution in [0.4, 0.5) is 5.69 Å². The van der Waals surface area contributed by atoms with E-state index in [0.717, 1.165) is 36.8 Å². The molecular weight excluding hydrogens is 226 g/mol.